The van der Waals surface area contributed by atoms with Crippen molar-refractivity contribution < 1.29 is 9.47 Å². The first kappa shape index (κ1) is 13.7. The van der Waals surface area contributed by atoms with Crippen LogP contribution in [0.2, 0.25) is 0 Å². The van der Waals surface area contributed by atoms with Crippen LogP contribution in [0.4, 0.5) is 0 Å². The van der Waals surface area contributed by atoms with Gasteiger partial charge >= 0.3 is 0 Å². The largest absolute Gasteiger partial charge is 0.497 e. The van der Waals surface area contributed by atoms with Crippen LogP contribution in [0.3, 0.4) is 0 Å². The average Bonchev–Trinajstić information content (AvgIpc) is 3.08. The molecule has 1 heterocycles. The average molecular weight is 275 g/mol. The molecule has 1 aromatic carbocycles. The highest BCUT2D eigenvalue weighted by atomic mass is 16.5. The number of benzene rings is 1. The molecule has 0 aromatic heterocycles. The summed E-state index contributed by atoms with van der Waals surface area (Å²) >= 11 is 0. The minimum absolute atomic E-state index is 0.703. The minimum atomic E-state index is 0.703. The highest BCUT2D eigenvalue weighted by Crippen LogP contribution is 2.39. The van der Waals surface area contributed by atoms with E-state index >= 15 is 0 Å². The van der Waals surface area contributed by atoms with Crippen LogP contribution in [0.1, 0.15) is 31.2 Å². The molecular formula is C17H25NO2. The second-order valence-electron chi connectivity index (χ2n) is 6.09. The van der Waals surface area contributed by atoms with Crippen LogP contribution >= 0.6 is 0 Å². The van der Waals surface area contributed by atoms with Crippen LogP contribution in [0.5, 0.6) is 11.5 Å². The standard InChI is InChI=1S/C17H25NO2/c1-19-14-8-6-12(17(10-14)20-2)7-9-16-15-5-3-4-13(15)11-18-16/h6,8,10,13,15-16,18H,3-5,7,9,11H2,1-2H3. The van der Waals surface area contributed by atoms with Gasteiger partial charge in [0.15, 0.2) is 0 Å². The Morgan fingerprint density at radius 3 is 2.90 bits per heavy atom. The lowest BCUT2D eigenvalue weighted by molar-refractivity contribution is 0.379. The summed E-state index contributed by atoms with van der Waals surface area (Å²) in [6.45, 7) is 1.23. The SMILES string of the molecule is COc1ccc(CCC2NCC3CCCC32)c(OC)c1. The molecule has 1 aliphatic heterocycles. The van der Waals surface area contributed by atoms with Crippen LogP contribution < -0.4 is 14.8 Å². The molecule has 1 N–H and O–H groups in total. The summed E-state index contributed by atoms with van der Waals surface area (Å²) in [4.78, 5) is 0. The van der Waals surface area contributed by atoms with Gasteiger partial charge in [-0.15, -0.1) is 0 Å². The molecule has 0 bridgehead atoms. The molecule has 1 aliphatic carbocycles. The Morgan fingerprint density at radius 1 is 1.20 bits per heavy atom. The van der Waals surface area contributed by atoms with Crippen molar-refractivity contribution in [3.05, 3.63) is 23.8 Å². The number of methoxy groups -OCH3 is 2. The topological polar surface area (TPSA) is 30.5 Å². The maximum Gasteiger partial charge on any atom is 0.125 e. The summed E-state index contributed by atoms with van der Waals surface area (Å²) in [6.07, 6.45) is 6.57. The number of ether oxygens (including phenoxy) is 2. The Kier molecular flexibility index (Phi) is 4.16. The molecule has 3 rings (SSSR count). The van der Waals surface area contributed by atoms with Crippen LogP contribution in [0, 0.1) is 11.8 Å². The number of rotatable bonds is 5. The molecule has 2 fully saturated rings. The second-order valence-corrected chi connectivity index (χ2v) is 6.09. The fraction of sp³-hybridized carbons (Fsp3) is 0.647. The normalized spacial score (nSPS) is 28.4. The minimum Gasteiger partial charge on any atom is -0.497 e. The van der Waals surface area contributed by atoms with Gasteiger partial charge in [-0.2, -0.15) is 0 Å². The number of aryl methyl sites for hydroxylation is 1. The summed E-state index contributed by atoms with van der Waals surface area (Å²) < 4.78 is 10.7. The van der Waals surface area contributed by atoms with Gasteiger partial charge < -0.3 is 14.8 Å². The fourth-order valence-electron chi connectivity index (χ4n) is 3.99. The smallest absolute Gasteiger partial charge is 0.125 e. The van der Waals surface area contributed by atoms with E-state index in [0.717, 1.165) is 29.8 Å². The first-order valence-corrected chi connectivity index (χ1v) is 7.76. The van der Waals surface area contributed by atoms with E-state index < -0.39 is 0 Å². The third kappa shape index (κ3) is 2.64. The van der Waals surface area contributed by atoms with Gasteiger partial charge in [-0.25, -0.2) is 0 Å². The zero-order valence-corrected chi connectivity index (χ0v) is 12.5. The molecule has 1 aromatic rings. The first-order valence-electron chi connectivity index (χ1n) is 7.76. The van der Waals surface area contributed by atoms with Gasteiger partial charge in [0.2, 0.25) is 0 Å². The molecule has 3 atom stereocenters. The highest BCUT2D eigenvalue weighted by Gasteiger charge is 2.38. The third-order valence-electron chi connectivity index (χ3n) is 5.10. The van der Waals surface area contributed by atoms with Crippen LogP contribution in [-0.4, -0.2) is 26.8 Å². The van der Waals surface area contributed by atoms with E-state index in [2.05, 4.69) is 11.4 Å². The molecule has 1 saturated heterocycles. The summed E-state index contributed by atoms with van der Waals surface area (Å²) in [7, 11) is 3.43. The lowest BCUT2D eigenvalue weighted by Gasteiger charge is -2.19. The van der Waals surface area contributed by atoms with Crippen molar-refractivity contribution in [3.8, 4) is 11.5 Å². The molecule has 2 aliphatic rings. The van der Waals surface area contributed by atoms with Gasteiger partial charge in [-0.05, 0) is 55.7 Å². The lowest BCUT2D eigenvalue weighted by Crippen LogP contribution is -2.27. The number of hydrogen-bond acceptors (Lipinski definition) is 3. The fourth-order valence-corrected chi connectivity index (χ4v) is 3.99. The van der Waals surface area contributed by atoms with E-state index in [1.165, 1.54) is 37.8 Å². The predicted molar refractivity (Wildman–Crippen MR) is 80.5 cm³/mol. The van der Waals surface area contributed by atoms with E-state index in [-0.39, 0.29) is 0 Å². The van der Waals surface area contributed by atoms with Crippen LogP contribution in [0.15, 0.2) is 18.2 Å². The van der Waals surface area contributed by atoms with Crippen molar-refractivity contribution in [2.24, 2.45) is 11.8 Å². The summed E-state index contributed by atoms with van der Waals surface area (Å²) in [5.41, 5.74) is 1.29. The lowest BCUT2D eigenvalue weighted by atomic mass is 9.90. The monoisotopic (exact) mass is 275 g/mol. The van der Waals surface area contributed by atoms with Gasteiger partial charge in [-0.1, -0.05) is 12.5 Å². The van der Waals surface area contributed by atoms with Gasteiger partial charge in [0.1, 0.15) is 11.5 Å². The maximum absolute atomic E-state index is 5.49. The zero-order chi connectivity index (χ0) is 13.9. The van der Waals surface area contributed by atoms with E-state index in [4.69, 9.17) is 9.47 Å². The van der Waals surface area contributed by atoms with Crippen LogP contribution in [-0.2, 0) is 6.42 Å². The molecule has 3 heteroatoms. The Balaban J connectivity index is 1.63. The molecule has 0 radical (unpaired) electrons. The zero-order valence-electron chi connectivity index (χ0n) is 12.5. The van der Waals surface area contributed by atoms with Crippen molar-refractivity contribution >= 4 is 0 Å². The number of fused-ring (bicyclic) bond motifs is 1. The quantitative estimate of drug-likeness (QED) is 0.896. The third-order valence-corrected chi connectivity index (χ3v) is 5.10. The Hall–Kier alpha value is -1.22. The van der Waals surface area contributed by atoms with Gasteiger partial charge in [0.25, 0.3) is 0 Å². The van der Waals surface area contributed by atoms with Crippen molar-refractivity contribution in [2.45, 2.75) is 38.1 Å². The van der Waals surface area contributed by atoms with E-state index in [1.807, 2.05) is 12.1 Å². The van der Waals surface area contributed by atoms with Gasteiger partial charge in [0.05, 0.1) is 14.2 Å². The molecule has 20 heavy (non-hydrogen) atoms. The van der Waals surface area contributed by atoms with E-state index in [0.29, 0.717) is 6.04 Å². The van der Waals surface area contributed by atoms with Crippen molar-refractivity contribution in [2.75, 3.05) is 20.8 Å². The summed E-state index contributed by atoms with van der Waals surface area (Å²) in [5, 5.41) is 3.72. The van der Waals surface area contributed by atoms with Crippen LogP contribution in [0.25, 0.3) is 0 Å². The van der Waals surface area contributed by atoms with Crippen molar-refractivity contribution in [1.29, 1.82) is 0 Å². The molecular weight excluding hydrogens is 250 g/mol. The maximum atomic E-state index is 5.49. The molecule has 1 saturated carbocycles. The van der Waals surface area contributed by atoms with Crippen molar-refractivity contribution in [3.63, 3.8) is 0 Å². The molecule has 0 amide bonds. The van der Waals surface area contributed by atoms with E-state index in [1.54, 1.807) is 14.2 Å². The molecule has 0 spiro atoms. The summed E-state index contributed by atoms with van der Waals surface area (Å²) in [6, 6.07) is 6.85. The summed E-state index contributed by atoms with van der Waals surface area (Å²) in [5.74, 6) is 3.67. The molecule has 110 valence electrons. The van der Waals surface area contributed by atoms with Gasteiger partial charge in [-0.3, -0.25) is 0 Å². The second kappa shape index (κ2) is 6.04. The Labute approximate surface area is 121 Å². The Morgan fingerprint density at radius 2 is 2.10 bits per heavy atom. The van der Waals surface area contributed by atoms with E-state index in [9.17, 15) is 0 Å². The number of hydrogen-bond donors (Lipinski definition) is 1. The number of nitrogens with one attached hydrogen (secondary N) is 1. The first-order chi connectivity index (χ1) is 9.81. The predicted octanol–water partition coefficient (Wildman–Crippen LogP) is 3.02. The Bertz CT molecular complexity index is 460. The highest BCUT2D eigenvalue weighted by molar-refractivity contribution is 5.40. The molecule has 3 unspecified atom stereocenters. The van der Waals surface area contributed by atoms with Gasteiger partial charge in [0, 0.05) is 12.1 Å². The molecule has 3 nitrogen and oxygen atoms in total. The van der Waals surface area contributed by atoms with Crippen molar-refractivity contribution in [1.82, 2.24) is 5.32 Å².